The van der Waals surface area contributed by atoms with Gasteiger partial charge in [0, 0.05) is 18.9 Å². The lowest BCUT2D eigenvalue weighted by molar-refractivity contribution is -0.119. The maximum atomic E-state index is 12.2. The van der Waals surface area contributed by atoms with Crippen LogP contribution in [-0.2, 0) is 9.47 Å². The SMILES string of the molecule is CCCCCCCCCCCCCCCCCCCCCCO[C@H](CC)[C@@H](OCCO)n1ccc(=O)[nH]c1=O. The van der Waals surface area contributed by atoms with Crippen molar-refractivity contribution in [2.45, 2.75) is 161 Å². The standard InChI is InChI=1S/C32H60N2O5/c1-3-5-6-7-8-9-10-11-12-13-14-15-16-17-18-19-20-21-22-23-27-38-29(4-2)31(39-28-26-35)34-25-24-30(36)33-32(34)37/h24-25,29,31,35H,3-23,26-28H2,1-2H3,(H,33,36,37)/t29-,31-/m1/s1. The van der Waals surface area contributed by atoms with Gasteiger partial charge in [-0.2, -0.15) is 0 Å². The summed E-state index contributed by atoms with van der Waals surface area (Å²) in [5.74, 6) is 0. The summed E-state index contributed by atoms with van der Waals surface area (Å²) in [6.45, 7) is 4.81. The van der Waals surface area contributed by atoms with E-state index in [2.05, 4.69) is 11.9 Å². The molecule has 2 atom stereocenters. The molecule has 0 aliphatic rings. The summed E-state index contributed by atoms with van der Waals surface area (Å²) < 4.78 is 13.1. The van der Waals surface area contributed by atoms with Crippen molar-refractivity contribution in [1.29, 1.82) is 0 Å². The van der Waals surface area contributed by atoms with Gasteiger partial charge in [-0.3, -0.25) is 14.3 Å². The first kappa shape index (κ1) is 35.6. The van der Waals surface area contributed by atoms with E-state index in [9.17, 15) is 14.7 Å². The first-order valence-electron chi connectivity index (χ1n) is 16.3. The molecule has 0 spiro atoms. The number of aromatic amines is 1. The lowest BCUT2D eigenvalue weighted by atomic mass is 10.0. The van der Waals surface area contributed by atoms with E-state index in [1.807, 2.05) is 6.92 Å². The number of nitrogens with zero attached hydrogens (tertiary/aromatic N) is 1. The van der Waals surface area contributed by atoms with Gasteiger partial charge in [-0.05, 0) is 12.8 Å². The number of ether oxygens (including phenoxy) is 2. The van der Waals surface area contributed by atoms with Crippen LogP contribution in [0.25, 0.3) is 0 Å². The molecule has 39 heavy (non-hydrogen) atoms. The highest BCUT2D eigenvalue weighted by Crippen LogP contribution is 2.19. The van der Waals surface area contributed by atoms with E-state index in [0.717, 1.165) is 12.8 Å². The topological polar surface area (TPSA) is 93.5 Å². The van der Waals surface area contributed by atoms with Crippen LogP contribution in [0.1, 0.15) is 155 Å². The van der Waals surface area contributed by atoms with Crippen molar-refractivity contribution >= 4 is 0 Å². The lowest BCUT2D eigenvalue weighted by Gasteiger charge is -2.27. The molecule has 0 saturated heterocycles. The first-order valence-corrected chi connectivity index (χ1v) is 16.3. The fraction of sp³-hybridized carbons (Fsp3) is 0.875. The minimum Gasteiger partial charge on any atom is -0.394 e. The van der Waals surface area contributed by atoms with E-state index < -0.39 is 17.5 Å². The summed E-state index contributed by atoms with van der Waals surface area (Å²) in [5, 5.41) is 9.18. The average Bonchev–Trinajstić information content (AvgIpc) is 2.93. The quantitative estimate of drug-likeness (QED) is 0.104. The van der Waals surface area contributed by atoms with Gasteiger partial charge >= 0.3 is 5.69 Å². The molecule has 0 aromatic carbocycles. The third-order valence-corrected chi connectivity index (χ3v) is 7.56. The molecule has 0 aliphatic carbocycles. The van der Waals surface area contributed by atoms with E-state index in [4.69, 9.17) is 9.47 Å². The van der Waals surface area contributed by atoms with Gasteiger partial charge in [0.05, 0.1) is 13.2 Å². The largest absolute Gasteiger partial charge is 0.394 e. The molecule has 1 heterocycles. The molecule has 0 bridgehead atoms. The average molecular weight is 553 g/mol. The van der Waals surface area contributed by atoms with Crippen molar-refractivity contribution in [2.75, 3.05) is 19.8 Å². The Kier molecular flexibility index (Phi) is 23.3. The molecule has 0 radical (unpaired) electrons. The maximum absolute atomic E-state index is 12.2. The monoisotopic (exact) mass is 552 g/mol. The summed E-state index contributed by atoms with van der Waals surface area (Å²) in [6.07, 6.45) is 28.2. The van der Waals surface area contributed by atoms with E-state index in [0.29, 0.717) is 13.0 Å². The van der Waals surface area contributed by atoms with Crippen LogP contribution in [0.4, 0.5) is 0 Å². The Morgan fingerprint density at radius 2 is 1.15 bits per heavy atom. The molecule has 228 valence electrons. The summed E-state index contributed by atoms with van der Waals surface area (Å²) >= 11 is 0. The van der Waals surface area contributed by atoms with Crippen LogP contribution in [0.2, 0.25) is 0 Å². The second-order valence-corrected chi connectivity index (χ2v) is 11.0. The molecule has 1 aromatic rings. The van der Waals surface area contributed by atoms with Gasteiger partial charge in [-0.15, -0.1) is 0 Å². The van der Waals surface area contributed by atoms with Gasteiger partial charge in [0.25, 0.3) is 5.56 Å². The predicted molar refractivity (Wildman–Crippen MR) is 161 cm³/mol. The van der Waals surface area contributed by atoms with Crippen molar-refractivity contribution in [3.8, 4) is 0 Å². The minimum absolute atomic E-state index is 0.0927. The highest BCUT2D eigenvalue weighted by Gasteiger charge is 2.24. The zero-order valence-electron chi connectivity index (χ0n) is 25.3. The molecule has 7 heteroatoms. The molecule has 0 aliphatic heterocycles. The van der Waals surface area contributed by atoms with E-state index in [1.165, 1.54) is 132 Å². The molecule has 7 nitrogen and oxygen atoms in total. The zero-order chi connectivity index (χ0) is 28.4. The van der Waals surface area contributed by atoms with Gasteiger partial charge in [0.2, 0.25) is 0 Å². The number of nitrogens with one attached hydrogen (secondary N) is 1. The van der Waals surface area contributed by atoms with Crippen molar-refractivity contribution in [3.05, 3.63) is 33.1 Å². The van der Waals surface area contributed by atoms with Crippen molar-refractivity contribution in [2.24, 2.45) is 0 Å². The summed E-state index contributed by atoms with van der Waals surface area (Å²) in [5.41, 5.74) is -0.984. The van der Waals surface area contributed by atoms with E-state index in [-0.39, 0.29) is 19.3 Å². The van der Waals surface area contributed by atoms with Crippen LogP contribution in [0.3, 0.4) is 0 Å². The third-order valence-electron chi connectivity index (χ3n) is 7.56. The highest BCUT2D eigenvalue weighted by atomic mass is 16.6. The highest BCUT2D eigenvalue weighted by molar-refractivity contribution is 4.86. The van der Waals surface area contributed by atoms with Gasteiger partial charge in [0.15, 0.2) is 6.23 Å². The van der Waals surface area contributed by atoms with E-state index in [1.54, 1.807) is 0 Å². The number of unbranched alkanes of at least 4 members (excludes halogenated alkanes) is 19. The Morgan fingerprint density at radius 1 is 0.692 bits per heavy atom. The molecule has 0 amide bonds. The fourth-order valence-electron chi connectivity index (χ4n) is 5.16. The van der Waals surface area contributed by atoms with Gasteiger partial charge in [0.1, 0.15) is 6.10 Å². The van der Waals surface area contributed by atoms with Crippen LogP contribution >= 0.6 is 0 Å². The van der Waals surface area contributed by atoms with Crippen LogP contribution in [-0.4, -0.2) is 40.6 Å². The Bertz CT molecular complexity index is 778. The predicted octanol–water partition coefficient (Wildman–Crippen LogP) is 7.66. The molecular formula is C32H60N2O5. The van der Waals surface area contributed by atoms with Crippen LogP contribution < -0.4 is 11.2 Å². The fourth-order valence-corrected chi connectivity index (χ4v) is 5.16. The number of hydrogen-bond acceptors (Lipinski definition) is 5. The summed E-state index contributed by atoms with van der Waals surface area (Å²) in [4.78, 5) is 25.9. The minimum atomic E-state index is -0.684. The zero-order valence-corrected chi connectivity index (χ0v) is 25.3. The van der Waals surface area contributed by atoms with Gasteiger partial charge < -0.3 is 14.6 Å². The van der Waals surface area contributed by atoms with Gasteiger partial charge in [-0.1, -0.05) is 136 Å². The Labute approximate surface area is 238 Å². The van der Waals surface area contributed by atoms with Crippen molar-refractivity contribution < 1.29 is 14.6 Å². The van der Waals surface area contributed by atoms with Crippen molar-refractivity contribution in [3.63, 3.8) is 0 Å². The Hall–Kier alpha value is -1.44. The number of H-pyrrole nitrogens is 1. The number of hydrogen-bond donors (Lipinski definition) is 2. The summed E-state index contributed by atoms with van der Waals surface area (Å²) in [6, 6.07) is 1.29. The molecule has 0 saturated carbocycles. The number of aliphatic hydroxyl groups is 1. The smallest absolute Gasteiger partial charge is 0.330 e. The lowest BCUT2D eigenvalue weighted by Crippen LogP contribution is -2.39. The molecule has 1 aromatic heterocycles. The van der Waals surface area contributed by atoms with E-state index >= 15 is 0 Å². The van der Waals surface area contributed by atoms with Crippen molar-refractivity contribution in [1.82, 2.24) is 9.55 Å². The van der Waals surface area contributed by atoms with Crippen LogP contribution in [0, 0.1) is 0 Å². The molecule has 1 rings (SSSR count). The van der Waals surface area contributed by atoms with Gasteiger partial charge in [-0.25, -0.2) is 4.79 Å². The number of rotatable bonds is 28. The number of aliphatic hydroxyl groups excluding tert-OH is 1. The summed E-state index contributed by atoms with van der Waals surface area (Å²) in [7, 11) is 0. The first-order chi connectivity index (χ1) is 19.1. The molecular weight excluding hydrogens is 492 g/mol. The maximum Gasteiger partial charge on any atom is 0.330 e. The van der Waals surface area contributed by atoms with Crippen LogP contribution in [0.5, 0.6) is 0 Å². The Morgan fingerprint density at radius 3 is 1.56 bits per heavy atom. The third kappa shape index (κ3) is 18.5. The molecule has 0 unspecified atom stereocenters. The normalized spacial score (nSPS) is 13.1. The Balaban J connectivity index is 2.00. The number of aromatic nitrogens is 2. The molecule has 2 N–H and O–H groups in total. The van der Waals surface area contributed by atoms with Crippen LogP contribution in [0.15, 0.2) is 21.9 Å². The second-order valence-electron chi connectivity index (χ2n) is 11.0. The molecule has 0 fully saturated rings. The second kappa shape index (κ2) is 25.5.